The summed E-state index contributed by atoms with van der Waals surface area (Å²) in [5, 5.41) is 11.3. The van der Waals surface area contributed by atoms with Gasteiger partial charge in [-0.2, -0.15) is 0 Å². The average molecular weight is 351 g/mol. The summed E-state index contributed by atoms with van der Waals surface area (Å²) >= 11 is 3.06. The van der Waals surface area contributed by atoms with E-state index in [4.69, 9.17) is 4.74 Å². The van der Waals surface area contributed by atoms with Crippen LogP contribution in [0.1, 0.15) is 30.9 Å². The molecule has 1 amide bonds. The highest BCUT2D eigenvalue weighted by atomic mass is 32.2. The Labute approximate surface area is 144 Å². The summed E-state index contributed by atoms with van der Waals surface area (Å²) in [5.74, 6) is 1.49. The van der Waals surface area contributed by atoms with E-state index >= 15 is 0 Å². The molecule has 0 unspecified atom stereocenters. The normalized spacial score (nSPS) is 10.6. The third kappa shape index (κ3) is 6.19. The SMILES string of the molecule is CCCCSc1nnc(NC(=O)COc2cc(C)cc(C)c2)s1. The number of hydrogen-bond acceptors (Lipinski definition) is 6. The molecule has 0 aliphatic rings. The van der Waals surface area contributed by atoms with Crippen LogP contribution >= 0.6 is 23.1 Å². The standard InChI is InChI=1S/C16H21N3O2S2/c1-4-5-6-22-16-19-18-15(23-16)17-14(20)10-21-13-8-11(2)7-12(3)9-13/h7-9H,4-6,10H2,1-3H3,(H,17,18,20). The Balaban J connectivity index is 1.80. The summed E-state index contributed by atoms with van der Waals surface area (Å²) in [6, 6.07) is 5.88. The number of unbranched alkanes of at least 4 members (excludes halogenated alkanes) is 1. The number of carbonyl (C=O) groups excluding carboxylic acids is 1. The maximum Gasteiger partial charge on any atom is 0.264 e. The number of thioether (sulfide) groups is 1. The lowest BCUT2D eigenvalue weighted by Crippen LogP contribution is -2.20. The van der Waals surface area contributed by atoms with Crippen molar-refractivity contribution in [1.82, 2.24) is 10.2 Å². The molecule has 0 bridgehead atoms. The lowest BCUT2D eigenvalue weighted by atomic mass is 10.1. The fourth-order valence-corrected chi connectivity index (χ4v) is 3.87. The zero-order chi connectivity index (χ0) is 16.7. The minimum Gasteiger partial charge on any atom is -0.484 e. The molecule has 0 aliphatic carbocycles. The summed E-state index contributed by atoms with van der Waals surface area (Å²) in [7, 11) is 0. The number of aromatic nitrogens is 2. The van der Waals surface area contributed by atoms with E-state index in [-0.39, 0.29) is 12.5 Å². The summed E-state index contributed by atoms with van der Waals surface area (Å²) < 4.78 is 6.41. The highest BCUT2D eigenvalue weighted by Crippen LogP contribution is 2.26. The predicted octanol–water partition coefficient (Wildman–Crippen LogP) is 4.06. The highest BCUT2D eigenvalue weighted by molar-refractivity contribution is 8.01. The van der Waals surface area contributed by atoms with Crippen molar-refractivity contribution in [3.05, 3.63) is 29.3 Å². The Morgan fingerprint density at radius 2 is 2.00 bits per heavy atom. The van der Waals surface area contributed by atoms with Gasteiger partial charge in [-0.05, 0) is 43.5 Å². The molecule has 124 valence electrons. The Hall–Kier alpha value is -1.60. The van der Waals surface area contributed by atoms with Crippen LogP contribution < -0.4 is 10.1 Å². The monoisotopic (exact) mass is 351 g/mol. The molecule has 0 radical (unpaired) electrons. The van der Waals surface area contributed by atoms with Crippen molar-refractivity contribution in [2.75, 3.05) is 17.7 Å². The third-order valence-electron chi connectivity index (χ3n) is 2.94. The van der Waals surface area contributed by atoms with Crippen LogP contribution in [0.15, 0.2) is 22.5 Å². The van der Waals surface area contributed by atoms with E-state index in [1.807, 2.05) is 26.0 Å². The maximum absolute atomic E-state index is 11.9. The number of hydrogen-bond donors (Lipinski definition) is 1. The molecule has 0 saturated carbocycles. The average Bonchev–Trinajstić information content (AvgIpc) is 2.92. The molecule has 5 nitrogen and oxygen atoms in total. The van der Waals surface area contributed by atoms with E-state index < -0.39 is 0 Å². The van der Waals surface area contributed by atoms with Crippen LogP contribution in [0.2, 0.25) is 0 Å². The molecule has 2 rings (SSSR count). The van der Waals surface area contributed by atoms with Crippen molar-refractivity contribution >= 4 is 34.1 Å². The first-order valence-electron chi connectivity index (χ1n) is 7.54. The van der Waals surface area contributed by atoms with Gasteiger partial charge in [0.25, 0.3) is 5.91 Å². The van der Waals surface area contributed by atoms with Crippen LogP contribution in [-0.2, 0) is 4.79 Å². The number of benzene rings is 1. The zero-order valence-corrected chi connectivity index (χ0v) is 15.2. The number of anilines is 1. The second-order valence-electron chi connectivity index (χ2n) is 5.24. The first kappa shape index (κ1) is 17.7. The zero-order valence-electron chi connectivity index (χ0n) is 13.6. The second-order valence-corrected chi connectivity index (χ2v) is 7.55. The quantitative estimate of drug-likeness (QED) is 0.441. The minimum atomic E-state index is -0.231. The van der Waals surface area contributed by atoms with E-state index in [1.54, 1.807) is 11.8 Å². The molecule has 0 saturated heterocycles. The van der Waals surface area contributed by atoms with Gasteiger partial charge in [0.1, 0.15) is 5.75 Å². The van der Waals surface area contributed by atoms with Crippen molar-refractivity contribution in [2.45, 2.75) is 38.0 Å². The number of ether oxygens (including phenoxy) is 1. The van der Waals surface area contributed by atoms with Crippen molar-refractivity contribution in [1.29, 1.82) is 0 Å². The molecule has 23 heavy (non-hydrogen) atoms. The van der Waals surface area contributed by atoms with Gasteiger partial charge in [0.05, 0.1) is 0 Å². The molecule has 1 aromatic carbocycles. The molecule has 1 aromatic heterocycles. The fraction of sp³-hybridized carbons (Fsp3) is 0.438. The molecule has 0 fully saturated rings. The molecule has 1 N–H and O–H groups in total. The van der Waals surface area contributed by atoms with Crippen molar-refractivity contribution in [3.8, 4) is 5.75 Å². The predicted molar refractivity (Wildman–Crippen MR) is 95.6 cm³/mol. The van der Waals surface area contributed by atoms with Gasteiger partial charge in [0.15, 0.2) is 10.9 Å². The van der Waals surface area contributed by atoms with Gasteiger partial charge in [-0.15, -0.1) is 10.2 Å². The van der Waals surface area contributed by atoms with Gasteiger partial charge >= 0.3 is 0 Å². The van der Waals surface area contributed by atoms with Gasteiger partial charge in [-0.3, -0.25) is 10.1 Å². The number of rotatable bonds is 8. The highest BCUT2D eigenvalue weighted by Gasteiger charge is 2.09. The lowest BCUT2D eigenvalue weighted by molar-refractivity contribution is -0.118. The Morgan fingerprint density at radius 1 is 1.26 bits per heavy atom. The van der Waals surface area contributed by atoms with Crippen molar-refractivity contribution < 1.29 is 9.53 Å². The van der Waals surface area contributed by atoms with Gasteiger partial charge in [-0.1, -0.05) is 42.5 Å². The van der Waals surface area contributed by atoms with Crippen LogP contribution in [0.3, 0.4) is 0 Å². The Morgan fingerprint density at radius 3 is 2.70 bits per heavy atom. The van der Waals surface area contributed by atoms with E-state index in [0.29, 0.717) is 10.9 Å². The van der Waals surface area contributed by atoms with E-state index in [1.165, 1.54) is 11.3 Å². The van der Waals surface area contributed by atoms with Crippen molar-refractivity contribution in [3.63, 3.8) is 0 Å². The number of carbonyl (C=O) groups is 1. The van der Waals surface area contributed by atoms with E-state index in [0.717, 1.165) is 34.1 Å². The van der Waals surface area contributed by atoms with E-state index in [9.17, 15) is 4.79 Å². The molecule has 0 aliphatic heterocycles. The summed E-state index contributed by atoms with van der Waals surface area (Å²) in [5.41, 5.74) is 2.22. The van der Waals surface area contributed by atoms with Gasteiger partial charge < -0.3 is 4.74 Å². The van der Waals surface area contributed by atoms with Crippen LogP contribution in [0.4, 0.5) is 5.13 Å². The summed E-state index contributed by atoms with van der Waals surface area (Å²) in [6.45, 7) is 6.11. The maximum atomic E-state index is 11.9. The Bertz CT molecular complexity index is 638. The Kier molecular flexibility index (Phi) is 6.85. The lowest BCUT2D eigenvalue weighted by Gasteiger charge is -2.07. The van der Waals surface area contributed by atoms with Crippen LogP contribution in [-0.4, -0.2) is 28.5 Å². The minimum absolute atomic E-state index is 0.0409. The van der Waals surface area contributed by atoms with Gasteiger partial charge in [0.2, 0.25) is 5.13 Å². The van der Waals surface area contributed by atoms with E-state index in [2.05, 4.69) is 28.5 Å². The first-order chi connectivity index (χ1) is 11.1. The fourth-order valence-electron chi connectivity index (χ4n) is 1.94. The molecule has 1 heterocycles. The van der Waals surface area contributed by atoms with Gasteiger partial charge in [0, 0.05) is 5.75 Å². The molecular weight excluding hydrogens is 330 g/mol. The first-order valence-corrected chi connectivity index (χ1v) is 9.34. The third-order valence-corrected chi connectivity index (χ3v) is 5.00. The molecule has 7 heteroatoms. The number of nitrogens with zero attached hydrogens (tertiary/aromatic N) is 2. The van der Waals surface area contributed by atoms with Crippen LogP contribution in [0.25, 0.3) is 0 Å². The molecule has 2 aromatic rings. The topological polar surface area (TPSA) is 64.1 Å². The second kappa shape index (κ2) is 8.88. The number of nitrogens with one attached hydrogen (secondary N) is 1. The summed E-state index contributed by atoms with van der Waals surface area (Å²) in [6.07, 6.45) is 2.31. The molecular formula is C16H21N3O2S2. The molecule has 0 spiro atoms. The van der Waals surface area contributed by atoms with Gasteiger partial charge in [-0.25, -0.2) is 0 Å². The van der Waals surface area contributed by atoms with Crippen LogP contribution in [0, 0.1) is 13.8 Å². The molecule has 0 atom stereocenters. The van der Waals surface area contributed by atoms with Crippen molar-refractivity contribution in [2.24, 2.45) is 0 Å². The largest absolute Gasteiger partial charge is 0.484 e. The smallest absolute Gasteiger partial charge is 0.264 e. The number of aryl methyl sites for hydroxylation is 2. The number of amides is 1. The van der Waals surface area contributed by atoms with Crippen LogP contribution in [0.5, 0.6) is 5.75 Å². The summed E-state index contributed by atoms with van der Waals surface area (Å²) in [4.78, 5) is 11.9.